The zero-order valence-electron chi connectivity index (χ0n) is 14.6. The maximum absolute atomic E-state index is 12.6. The van der Waals surface area contributed by atoms with Crippen molar-refractivity contribution in [3.63, 3.8) is 0 Å². The summed E-state index contributed by atoms with van der Waals surface area (Å²) in [5.41, 5.74) is 0.217. The molecule has 10 heteroatoms. The molecule has 2 aromatic heterocycles. The smallest absolute Gasteiger partial charge is 0.271 e. The highest BCUT2D eigenvalue weighted by molar-refractivity contribution is 7.91. The number of hydrogen-bond acceptors (Lipinski definition) is 7. The molecule has 0 radical (unpaired) electrons. The van der Waals surface area contributed by atoms with Gasteiger partial charge in [-0.2, -0.15) is 4.31 Å². The lowest BCUT2D eigenvalue weighted by Gasteiger charge is -2.31. The highest BCUT2D eigenvalue weighted by atomic mass is 32.2. The van der Waals surface area contributed by atoms with E-state index >= 15 is 0 Å². The molecule has 0 aliphatic carbocycles. The van der Waals surface area contributed by atoms with Gasteiger partial charge in [-0.1, -0.05) is 6.07 Å². The SMILES string of the molecule is CN(C)c1cnc(C(=O)N[C@@H]2CCCN(S(=O)(=O)c3cccs3)C2)cn1. The van der Waals surface area contributed by atoms with Crippen molar-refractivity contribution in [2.75, 3.05) is 32.1 Å². The van der Waals surface area contributed by atoms with Gasteiger partial charge in [0.15, 0.2) is 0 Å². The summed E-state index contributed by atoms with van der Waals surface area (Å²) in [5.74, 6) is 0.315. The van der Waals surface area contributed by atoms with E-state index in [1.54, 1.807) is 22.4 Å². The average molecular weight is 396 g/mol. The molecule has 1 atom stereocenters. The molecule has 1 saturated heterocycles. The highest BCUT2D eigenvalue weighted by Crippen LogP contribution is 2.24. The van der Waals surface area contributed by atoms with Crippen molar-refractivity contribution < 1.29 is 13.2 Å². The van der Waals surface area contributed by atoms with Gasteiger partial charge in [0.1, 0.15) is 15.7 Å². The number of thiophene rings is 1. The quantitative estimate of drug-likeness (QED) is 0.817. The first-order valence-electron chi connectivity index (χ1n) is 8.22. The fraction of sp³-hybridized carbons (Fsp3) is 0.438. The van der Waals surface area contributed by atoms with Gasteiger partial charge in [0.05, 0.1) is 12.4 Å². The van der Waals surface area contributed by atoms with E-state index in [1.807, 2.05) is 14.1 Å². The van der Waals surface area contributed by atoms with Crippen molar-refractivity contribution in [3.05, 3.63) is 35.6 Å². The van der Waals surface area contributed by atoms with Gasteiger partial charge < -0.3 is 10.2 Å². The highest BCUT2D eigenvalue weighted by Gasteiger charge is 2.31. The molecule has 8 nitrogen and oxygen atoms in total. The minimum Gasteiger partial charge on any atom is -0.361 e. The van der Waals surface area contributed by atoms with Crippen molar-refractivity contribution >= 4 is 33.1 Å². The summed E-state index contributed by atoms with van der Waals surface area (Å²) in [7, 11) is 0.183. The normalized spacial score (nSPS) is 18.5. The molecule has 1 N–H and O–H groups in total. The Morgan fingerprint density at radius 2 is 2.15 bits per heavy atom. The molecule has 1 amide bonds. The number of anilines is 1. The third-order valence-electron chi connectivity index (χ3n) is 4.14. The van der Waals surface area contributed by atoms with Gasteiger partial charge in [0.25, 0.3) is 15.9 Å². The standard InChI is InChI=1S/C16H21N5O3S2/c1-20(2)14-10-17-13(9-18-14)16(22)19-12-5-3-7-21(11-12)26(23,24)15-6-4-8-25-15/h4,6,8-10,12H,3,5,7,11H2,1-2H3,(H,19,22)/t12-/m1/s1. The van der Waals surface area contributed by atoms with Gasteiger partial charge in [-0.15, -0.1) is 11.3 Å². The summed E-state index contributed by atoms with van der Waals surface area (Å²) in [6.45, 7) is 0.721. The molecular formula is C16H21N5O3S2. The molecule has 3 heterocycles. The first kappa shape index (κ1) is 18.7. The van der Waals surface area contributed by atoms with E-state index in [-0.39, 0.29) is 24.2 Å². The van der Waals surface area contributed by atoms with Crippen LogP contribution in [-0.4, -0.2) is 61.8 Å². The van der Waals surface area contributed by atoms with E-state index in [9.17, 15) is 13.2 Å². The molecule has 0 bridgehead atoms. The Morgan fingerprint density at radius 3 is 2.77 bits per heavy atom. The van der Waals surface area contributed by atoms with E-state index in [1.165, 1.54) is 28.0 Å². The number of nitrogens with zero attached hydrogens (tertiary/aromatic N) is 4. The monoisotopic (exact) mass is 395 g/mol. The molecule has 1 aliphatic heterocycles. The lowest BCUT2D eigenvalue weighted by molar-refractivity contribution is 0.0916. The van der Waals surface area contributed by atoms with Gasteiger partial charge in [-0.25, -0.2) is 18.4 Å². The van der Waals surface area contributed by atoms with Crippen molar-refractivity contribution in [2.45, 2.75) is 23.1 Å². The van der Waals surface area contributed by atoms with Crippen LogP contribution in [0.2, 0.25) is 0 Å². The fourth-order valence-corrected chi connectivity index (χ4v) is 5.41. The second-order valence-electron chi connectivity index (χ2n) is 6.26. The summed E-state index contributed by atoms with van der Waals surface area (Å²) in [5, 5.41) is 4.62. The Balaban J connectivity index is 1.65. The minimum atomic E-state index is -3.50. The number of hydrogen-bond donors (Lipinski definition) is 1. The minimum absolute atomic E-state index is 0.217. The molecule has 1 fully saturated rings. The van der Waals surface area contributed by atoms with Crippen LogP contribution in [-0.2, 0) is 10.0 Å². The maximum atomic E-state index is 12.6. The van der Waals surface area contributed by atoms with Crippen molar-refractivity contribution in [1.82, 2.24) is 19.6 Å². The van der Waals surface area contributed by atoms with E-state index in [4.69, 9.17) is 0 Å². The molecule has 0 saturated carbocycles. The third kappa shape index (κ3) is 4.02. The second-order valence-corrected chi connectivity index (χ2v) is 9.37. The Morgan fingerprint density at radius 1 is 1.35 bits per heavy atom. The summed E-state index contributed by atoms with van der Waals surface area (Å²) in [4.78, 5) is 22.5. The van der Waals surface area contributed by atoms with Crippen molar-refractivity contribution in [2.24, 2.45) is 0 Å². The first-order chi connectivity index (χ1) is 12.4. The molecule has 0 aromatic carbocycles. The molecule has 26 heavy (non-hydrogen) atoms. The number of amides is 1. The lowest BCUT2D eigenvalue weighted by atomic mass is 10.1. The number of aromatic nitrogens is 2. The van der Waals surface area contributed by atoms with E-state index < -0.39 is 10.0 Å². The van der Waals surface area contributed by atoms with Crippen LogP contribution in [0.5, 0.6) is 0 Å². The molecule has 3 rings (SSSR count). The van der Waals surface area contributed by atoms with Gasteiger partial charge >= 0.3 is 0 Å². The van der Waals surface area contributed by atoms with Crippen LogP contribution >= 0.6 is 11.3 Å². The van der Waals surface area contributed by atoms with Crippen LogP contribution in [0.3, 0.4) is 0 Å². The second kappa shape index (κ2) is 7.68. The topological polar surface area (TPSA) is 95.5 Å². The van der Waals surface area contributed by atoms with E-state index in [0.29, 0.717) is 23.0 Å². The van der Waals surface area contributed by atoms with Crippen LogP contribution in [0.1, 0.15) is 23.3 Å². The van der Waals surface area contributed by atoms with Crippen LogP contribution < -0.4 is 10.2 Å². The van der Waals surface area contributed by atoms with Gasteiger partial charge in [-0.05, 0) is 24.3 Å². The first-order valence-corrected chi connectivity index (χ1v) is 10.5. The van der Waals surface area contributed by atoms with E-state index in [2.05, 4.69) is 15.3 Å². The summed E-state index contributed by atoms with van der Waals surface area (Å²) >= 11 is 1.20. The predicted molar refractivity (Wildman–Crippen MR) is 99.9 cm³/mol. The Labute approximate surface area is 156 Å². The number of rotatable bonds is 5. The molecule has 140 valence electrons. The van der Waals surface area contributed by atoms with Crippen LogP contribution in [0.25, 0.3) is 0 Å². The van der Waals surface area contributed by atoms with Crippen LogP contribution in [0.15, 0.2) is 34.1 Å². The molecule has 1 aliphatic rings. The Hall–Kier alpha value is -2.04. The van der Waals surface area contributed by atoms with Gasteiger partial charge in [-0.3, -0.25) is 4.79 Å². The molecule has 0 unspecified atom stereocenters. The van der Waals surface area contributed by atoms with Crippen molar-refractivity contribution in [1.29, 1.82) is 0 Å². The number of carbonyl (C=O) groups excluding carboxylic acids is 1. The Bertz CT molecular complexity index is 851. The molecule has 2 aromatic rings. The summed E-state index contributed by atoms with van der Waals surface area (Å²) < 4.78 is 27.1. The number of carbonyl (C=O) groups is 1. The maximum Gasteiger partial charge on any atom is 0.271 e. The number of sulfonamides is 1. The number of nitrogens with one attached hydrogen (secondary N) is 1. The largest absolute Gasteiger partial charge is 0.361 e. The van der Waals surface area contributed by atoms with Crippen LogP contribution in [0, 0.1) is 0 Å². The lowest BCUT2D eigenvalue weighted by Crippen LogP contribution is -2.49. The predicted octanol–water partition coefficient (Wildman–Crippen LogP) is 1.19. The summed E-state index contributed by atoms with van der Waals surface area (Å²) in [6, 6.07) is 3.07. The zero-order valence-corrected chi connectivity index (χ0v) is 16.3. The van der Waals surface area contributed by atoms with Gasteiger partial charge in [0, 0.05) is 33.2 Å². The summed E-state index contributed by atoms with van der Waals surface area (Å²) in [6.07, 6.45) is 4.38. The third-order valence-corrected chi connectivity index (χ3v) is 7.38. The average Bonchev–Trinajstić information content (AvgIpc) is 3.17. The van der Waals surface area contributed by atoms with Crippen molar-refractivity contribution in [3.8, 4) is 0 Å². The zero-order chi connectivity index (χ0) is 18.7. The van der Waals surface area contributed by atoms with Gasteiger partial charge in [0.2, 0.25) is 0 Å². The molecule has 0 spiro atoms. The van der Waals surface area contributed by atoms with Crippen LogP contribution in [0.4, 0.5) is 5.82 Å². The Kier molecular flexibility index (Phi) is 5.54. The number of piperidine rings is 1. The van der Waals surface area contributed by atoms with E-state index in [0.717, 1.165) is 6.42 Å². The fourth-order valence-electron chi connectivity index (χ4n) is 2.74. The molecular weight excluding hydrogens is 374 g/mol.